The highest BCUT2D eigenvalue weighted by molar-refractivity contribution is 6.49. The van der Waals surface area contributed by atoms with Crippen LogP contribution in [0.25, 0.3) is 0 Å². The second-order valence-corrected chi connectivity index (χ2v) is 6.23. The lowest BCUT2D eigenvalue weighted by molar-refractivity contribution is 0.560. The molecule has 0 atom stereocenters. The average Bonchev–Trinajstić information content (AvgIpc) is 2.80. The van der Waals surface area contributed by atoms with E-state index in [1.54, 1.807) is 12.5 Å². The molecule has 0 fully saturated rings. The molecule has 0 aliphatic heterocycles. The van der Waals surface area contributed by atoms with Crippen molar-refractivity contribution in [1.82, 2.24) is 0 Å². The molecule has 3 nitrogen and oxygen atoms in total. The largest absolute Gasteiger partial charge is 1.00 e. The first kappa shape index (κ1) is 12.6. The molecular weight excluding hydrogens is 242 g/mol. The van der Waals surface area contributed by atoms with Gasteiger partial charge in [0.2, 0.25) is 0 Å². The summed E-state index contributed by atoms with van der Waals surface area (Å²) in [6, 6.07) is 9.69. The van der Waals surface area contributed by atoms with Gasteiger partial charge in [0.05, 0.1) is 12.5 Å². The molecule has 1 heterocycles. The standard InChI is InChI=1S/C14H16NO2Si/c1-11-6-4-8-13(17-18(2)3)14(11)15-10-12-7-5-9-16-12/h4-10H,1-3H3/p+1. The molecule has 0 amide bonds. The number of rotatable bonds is 4. The van der Waals surface area contributed by atoms with Gasteiger partial charge in [-0.05, 0) is 43.8 Å². The van der Waals surface area contributed by atoms with Gasteiger partial charge in [0, 0.05) is 0 Å². The van der Waals surface area contributed by atoms with Gasteiger partial charge >= 0.3 is 1.43 Å². The van der Waals surface area contributed by atoms with Gasteiger partial charge in [0.25, 0.3) is 9.04 Å². The van der Waals surface area contributed by atoms with E-state index in [1.165, 1.54) is 0 Å². The molecule has 1 radical (unpaired) electrons. The van der Waals surface area contributed by atoms with E-state index in [0.29, 0.717) is 0 Å². The monoisotopic (exact) mass is 259 g/mol. The number of hydrogen-bond acceptors (Lipinski definition) is 3. The van der Waals surface area contributed by atoms with E-state index in [9.17, 15) is 0 Å². The van der Waals surface area contributed by atoms with E-state index in [0.717, 1.165) is 22.8 Å². The van der Waals surface area contributed by atoms with Crippen LogP contribution in [0.4, 0.5) is 5.69 Å². The molecule has 0 saturated heterocycles. The Kier molecular flexibility index (Phi) is 3.99. The Hall–Kier alpha value is -1.81. The van der Waals surface area contributed by atoms with Crippen LogP contribution in [0.1, 0.15) is 12.8 Å². The van der Waals surface area contributed by atoms with Gasteiger partial charge in [-0.25, -0.2) is 4.99 Å². The van der Waals surface area contributed by atoms with E-state index in [1.807, 2.05) is 37.3 Å². The van der Waals surface area contributed by atoms with Crippen molar-refractivity contribution >= 4 is 20.9 Å². The summed E-state index contributed by atoms with van der Waals surface area (Å²) in [5, 5.41) is 0. The van der Waals surface area contributed by atoms with Crippen LogP contribution >= 0.6 is 0 Å². The van der Waals surface area contributed by atoms with Crippen molar-refractivity contribution in [1.29, 1.82) is 0 Å². The van der Waals surface area contributed by atoms with Gasteiger partial charge in [-0.1, -0.05) is 12.1 Å². The molecule has 18 heavy (non-hydrogen) atoms. The lowest BCUT2D eigenvalue weighted by atomic mass is 10.2. The first-order chi connectivity index (χ1) is 8.66. The van der Waals surface area contributed by atoms with Gasteiger partial charge < -0.3 is 8.84 Å². The van der Waals surface area contributed by atoms with E-state index in [2.05, 4.69) is 18.1 Å². The fourth-order valence-corrected chi connectivity index (χ4v) is 2.20. The predicted molar refractivity (Wildman–Crippen MR) is 76.4 cm³/mol. The summed E-state index contributed by atoms with van der Waals surface area (Å²) in [4.78, 5) is 4.47. The highest BCUT2D eigenvalue weighted by Gasteiger charge is 2.08. The number of aliphatic imine (C=N–C) groups is 1. The summed E-state index contributed by atoms with van der Waals surface area (Å²) in [6.45, 7) is 6.24. The van der Waals surface area contributed by atoms with Gasteiger partial charge in [0.1, 0.15) is 17.2 Å². The van der Waals surface area contributed by atoms with Crippen LogP contribution in [0, 0.1) is 6.92 Å². The molecule has 93 valence electrons. The summed E-state index contributed by atoms with van der Waals surface area (Å²) in [7, 11) is -0.794. The van der Waals surface area contributed by atoms with Crippen LogP contribution in [0.2, 0.25) is 13.1 Å². The Bertz CT molecular complexity index is 538. The third kappa shape index (κ3) is 3.11. The van der Waals surface area contributed by atoms with Crippen LogP contribution in [0.5, 0.6) is 5.75 Å². The Balaban J connectivity index is 0.00000180. The van der Waals surface area contributed by atoms with Crippen molar-refractivity contribution in [3.8, 4) is 5.75 Å². The molecule has 0 aliphatic carbocycles. The van der Waals surface area contributed by atoms with Crippen LogP contribution in [0.3, 0.4) is 0 Å². The molecular formula is C14H17NO2Si+. The molecule has 0 N–H and O–H groups in total. The first-order valence-corrected chi connectivity index (χ1v) is 8.23. The minimum atomic E-state index is -0.794. The topological polar surface area (TPSA) is 34.7 Å². The smallest absolute Gasteiger partial charge is 0.541 e. The van der Waals surface area contributed by atoms with E-state index < -0.39 is 9.04 Å². The lowest BCUT2D eigenvalue weighted by Gasteiger charge is -2.12. The number of hydrogen-bond donors (Lipinski definition) is 0. The molecule has 0 aliphatic rings. The maximum absolute atomic E-state index is 5.85. The van der Waals surface area contributed by atoms with Crippen LogP contribution in [-0.2, 0) is 0 Å². The maximum atomic E-state index is 5.85. The van der Waals surface area contributed by atoms with Crippen molar-refractivity contribution in [2.45, 2.75) is 20.0 Å². The molecule has 2 rings (SSSR count). The Morgan fingerprint density at radius 1 is 1.28 bits per heavy atom. The molecule has 1 aromatic heterocycles. The summed E-state index contributed by atoms with van der Waals surface area (Å²) >= 11 is 0. The summed E-state index contributed by atoms with van der Waals surface area (Å²) < 4.78 is 11.1. The first-order valence-electron chi connectivity index (χ1n) is 5.82. The zero-order valence-electron chi connectivity index (χ0n) is 11.8. The average molecular weight is 259 g/mol. The minimum absolute atomic E-state index is 0. The van der Waals surface area contributed by atoms with E-state index in [4.69, 9.17) is 8.84 Å². The van der Waals surface area contributed by atoms with E-state index in [-0.39, 0.29) is 1.43 Å². The number of nitrogens with zero attached hydrogens (tertiary/aromatic N) is 1. The quantitative estimate of drug-likeness (QED) is 0.612. The second-order valence-electron chi connectivity index (χ2n) is 4.21. The van der Waals surface area contributed by atoms with Crippen LogP contribution in [0.15, 0.2) is 46.0 Å². The highest BCUT2D eigenvalue weighted by Crippen LogP contribution is 2.31. The zero-order valence-corrected chi connectivity index (χ0v) is 11.8. The van der Waals surface area contributed by atoms with Crippen molar-refractivity contribution in [2.75, 3.05) is 0 Å². The third-order valence-corrected chi connectivity index (χ3v) is 3.01. The van der Waals surface area contributed by atoms with Crippen LogP contribution < -0.4 is 4.43 Å². The molecule has 0 saturated carbocycles. The predicted octanol–water partition coefficient (Wildman–Crippen LogP) is 4.08. The lowest BCUT2D eigenvalue weighted by Crippen LogP contribution is -2.11. The molecule has 2 aromatic rings. The van der Waals surface area contributed by atoms with Crippen LogP contribution in [-0.4, -0.2) is 15.3 Å². The van der Waals surface area contributed by atoms with Gasteiger partial charge in [-0.2, -0.15) is 0 Å². The van der Waals surface area contributed by atoms with Gasteiger partial charge in [0.15, 0.2) is 0 Å². The number of aryl methyl sites for hydroxylation is 1. The summed E-state index contributed by atoms with van der Waals surface area (Å²) in [5.74, 6) is 1.58. The maximum Gasteiger partial charge on any atom is 1.00 e. The SMILES string of the molecule is Cc1cccc(O[Si](C)C)c1N=Cc1ccco1.[H+]. The zero-order chi connectivity index (χ0) is 13.0. The van der Waals surface area contributed by atoms with E-state index >= 15 is 0 Å². The van der Waals surface area contributed by atoms with Gasteiger partial charge in [-0.15, -0.1) is 0 Å². The molecule has 0 spiro atoms. The summed E-state index contributed by atoms with van der Waals surface area (Å²) in [6.07, 6.45) is 3.35. The highest BCUT2D eigenvalue weighted by atomic mass is 28.3. The van der Waals surface area contributed by atoms with Crippen molar-refractivity contribution in [2.24, 2.45) is 4.99 Å². The third-order valence-electron chi connectivity index (χ3n) is 2.38. The van der Waals surface area contributed by atoms with Gasteiger partial charge in [-0.3, -0.25) is 0 Å². The van der Waals surface area contributed by atoms with Crippen molar-refractivity contribution in [3.63, 3.8) is 0 Å². The fourth-order valence-electron chi connectivity index (χ4n) is 1.59. The van der Waals surface area contributed by atoms with Crippen molar-refractivity contribution < 1.29 is 10.3 Å². The normalized spacial score (nSPS) is 11.3. The fraction of sp³-hybridized carbons (Fsp3) is 0.214. The Labute approximate surface area is 110 Å². The Morgan fingerprint density at radius 3 is 2.78 bits per heavy atom. The van der Waals surface area contributed by atoms with Crippen molar-refractivity contribution in [3.05, 3.63) is 47.9 Å². The molecule has 4 heteroatoms. The summed E-state index contributed by atoms with van der Waals surface area (Å²) in [5.41, 5.74) is 1.97. The minimum Gasteiger partial charge on any atom is -0.541 e. The molecule has 0 unspecified atom stereocenters. The molecule has 0 bridgehead atoms. The number of furan rings is 1. The number of para-hydroxylation sites is 1. The second kappa shape index (κ2) is 5.69. The molecule has 1 aromatic carbocycles. The Morgan fingerprint density at radius 2 is 2.11 bits per heavy atom. The number of benzene rings is 1.